The van der Waals surface area contributed by atoms with Crippen molar-refractivity contribution in [1.82, 2.24) is 9.21 Å². The summed E-state index contributed by atoms with van der Waals surface area (Å²) in [5.74, 6) is -0.261. The van der Waals surface area contributed by atoms with E-state index in [1.165, 1.54) is 16.4 Å². The van der Waals surface area contributed by atoms with Gasteiger partial charge in [0.1, 0.15) is 5.75 Å². The van der Waals surface area contributed by atoms with Crippen molar-refractivity contribution >= 4 is 10.0 Å². The van der Waals surface area contributed by atoms with E-state index in [4.69, 9.17) is 0 Å². The lowest BCUT2D eigenvalue weighted by molar-refractivity contribution is -0.274. The highest BCUT2D eigenvalue weighted by atomic mass is 32.2. The molecule has 0 unspecified atom stereocenters. The smallest absolute Gasteiger partial charge is 0.406 e. The Hall–Kier alpha value is -1.58. The number of piperazine rings is 1. The van der Waals surface area contributed by atoms with Crippen molar-refractivity contribution in [3.05, 3.63) is 41.8 Å². The molecule has 1 aliphatic rings. The molecule has 0 radical (unpaired) electrons. The second-order valence-corrected chi connectivity index (χ2v) is 6.96. The van der Waals surface area contributed by atoms with Crippen molar-refractivity contribution in [3.8, 4) is 5.75 Å². The van der Waals surface area contributed by atoms with Crippen LogP contribution in [0.4, 0.5) is 13.2 Å². The van der Waals surface area contributed by atoms with Crippen LogP contribution in [-0.4, -0.2) is 50.2 Å². The maximum atomic E-state index is 12.1. The van der Waals surface area contributed by atoms with Gasteiger partial charge in [-0.15, -0.1) is 13.2 Å². The first-order chi connectivity index (χ1) is 10.7. The van der Waals surface area contributed by atoms with Gasteiger partial charge in [0.25, 0.3) is 0 Å². The SMILES string of the molecule is C=CS(=O)(=O)N1CCN(Cc2ccc(OC(F)(F)F)cc2)CC1. The average Bonchev–Trinajstić information content (AvgIpc) is 2.48. The van der Waals surface area contributed by atoms with E-state index >= 15 is 0 Å². The molecule has 1 heterocycles. The summed E-state index contributed by atoms with van der Waals surface area (Å²) in [5, 5.41) is 0.933. The van der Waals surface area contributed by atoms with Gasteiger partial charge in [-0.3, -0.25) is 4.90 Å². The zero-order valence-electron chi connectivity index (χ0n) is 12.3. The molecule has 1 fully saturated rings. The van der Waals surface area contributed by atoms with Crippen LogP contribution < -0.4 is 4.74 Å². The summed E-state index contributed by atoms with van der Waals surface area (Å²) < 4.78 is 64.7. The quantitative estimate of drug-likeness (QED) is 0.817. The molecule has 1 aromatic carbocycles. The Balaban J connectivity index is 1.88. The molecule has 0 N–H and O–H groups in total. The number of sulfonamides is 1. The third kappa shape index (κ3) is 5.22. The predicted octanol–water partition coefficient (Wildman–Crippen LogP) is 2.18. The molecule has 1 aromatic rings. The largest absolute Gasteiger partial charge is 0.573 e. The van der Waals surface area contributed by atoms with Crippen LogP contribution in [0.5, 0.6) is 5.75 Å². The molecule has 0 spiro atoms. The summed E-state index contributed by atoms with van der Waals surface area (Å²) in [6.45, 7) is 5.66. The number of rotatable bonds is 5. The van der Waals surface area contributed by atoms with E-state index in [1.54, 1.807) is 12.1 Å². The van der Waals surface area contributed by atoms with Crippen LogP contribution >= 0.6 is 0 Å². The maximum absolute atomic E-state index is 12.1. The van der Waals surface area contributed by atoms with Crippen LogP contribution in [0.2, 0.25) is 0 Å². The number of alkyl halides is 3. The van der Waals surface area contributed by atoms with Gasteiger partial charge in [0.2, 0.25) is 10.0 Å². The number of hydrogen-bond donors (Lipinski definition) is 0. The molecule has 0 atom stereocenters. The molecule has 2 rings (SSSR count). The van der Waals surface area contributed by atoms with Crippen LogP contribution in [0.15, 0.2) is 36.3 Å². The summed E-state index contributed by atoms with van der Waals surface area (Å²) in [6, 6.07) is 5.66. The van der Waals surface area contributed by atoms with E-state index in [0.717, 1.165) is 11.0 Å². The van der Waals surface area contributed by atoms with Gasteiger partial charge >= 0.3 is 6.36 Å². The van der Waals surface area contributed by atoms with Gasteiger partial charge < -0.3 is 4.74 Å². The number of nitrogens with zero attached hydrogens (tertiary/aromatic N) is 2. The van der Waals surface area contributed by atoms with E-state index in [2.05, 4.69) is 11.3 Å². The summed E-state index contributed by atoms with van der Waals surface area (Å²) in [6.07, 6.45) is -4.70. The fourth-order valence-corrected chi connectivity index (χ4v) is 3.19. The van der Waals surface area contributed by atoms with Crippen LogP contribution in [0, 0.1) is 0 Å². The van der Waals surface area contributed by atoms with Gasteiger partial charge in [0, 0.05) is 38.1 Å². The van der Waals surface area contributed by atoms with Crippen LogP contribution in [0.3, 0.4) is 0 Å². The lowest BCUT2D eigenvalue weighted by Crippen LogP contribution is -2.47. The molecular formula is C14H17F3N2O3S. The first kappa shape index (κ1) is 17.8. The van der Waals surface area contributed by atoms with Crippen LogP contribution in [0.1, 0.15) is 5.56 Å². The number of hydrogen-bond acceptors (Lipinski definition) is 4. The Morgan fingerprint density at radius 1 is 1.13 bits per heavy atom. The molecule has 1 saturated heterocycles. The molecule has 128 valence electrons. The topological polar surface area (TPSA) is 49.9 Å². The Bertz CT molecular complexity index is 636. The van der Waals surface area contributed by atoms with E-state index in [-0.39, 0.29) is 5.75 Å². The maximum Gasteiger partial charge on any atom is 0.573 e. The molecule has 0 saturated carbocycles. The second kappa shape index (κ2) is 6.90. The monoisotopic (exact) mass is 350 g/mol. The minimum Gasteiger partial charge on any atom is -0.406 e. The summed E-state index contributed by atoms with van der Waals surface area (Å²) >= 11 is 0. The minimum absolute atomic E-state index is 0.261. The normalized spacial score (nSPS) is 17.9. The van der Waals surface area contributed by atoms with E-state index in [9.17, 15) is 21.6 Å². The van der Waals surface area contributed by atoms with Crippen molar-refractivity contribution in [2.45, 2.75) is 12.9 Å². The number of ether oxygens (including phenoxy) is 1. The average molecular weight is 350 g/mol. The predicted molar refractivity (Wildman–Crippen MR) is 79.1 cm³/mol. The summed E-state index contributed by atoms with van der Waals surface area (Å²) in [7, 11) is -3.39. The van der Waals surface area contributed by atoms with E-state index in [0.29, 0.717) is 32.7 Å². The Labute approximate surface area is 133 Å². The van der Waals surface area contributed by atoms with E-state index < -0.39 is 16.4 Å². The molecule has 0 aliphatic carbocycles. The molecular weight excluding hydrogens is 333 g/mol. The third-order valence-electron chi connectivity index (χ3n) is 3.46. The molecule has 0 bridgehead atoms. The first-order valence-corrected chi connectivity index (χ1v) is 8.39. The van der Waals surface area contributed by atoms with Gasteiger partial charge in [-0.2, -0.15) is 4.31 Å². The van der Waals surface area contributed by atoms with Crippen molar-refractivity contribution in [1.29, 1.82) is 0 Å². The standard InChI is InChI=1S/C14H17F3N2O3S/c1-2-23(20,21)19-9-7-18(8-10-19)11-12-3-5-13(6-4-12)22-14(15,16)17/h2-6H,1,7-11H2. The lowest BCUT2D eigenvalue weighted by atomic mass is 10.2. The molecule has 23 heavy (non-hydrogen) atoms. The molecule has 9 heteroatoms. The zero-order chi connectivity index (χ0) is 17.1. The lowest BCUT2D eigenvalue weighted by Gasteiger charge is -2.33. The number of benzene rings is 1. The highest BCUT2D eigenvalue weighted by molar-refractivity contribution is 7.92. The van der Waals surface area contributed by atoms with E-state index in [1.807, 2.05) is 4.90 Å². The highest BCUT2D eigenvalue weighted by Gasteiger charge is 2.31. The van der Waals surface area contributed by atoms with Gasteiger partial charge in [-0.05, 0) is 17.7 Å². The third-order valence-corrected chi connectivity index (χ3v) is 4.97. The van der Waals surface area contributed by atoms with Crippen LogP contribution in [0.25, 0.3) is 0 Å². The van der Waals surface area contributed by atoms with Gasteiger partial charge in [-0.1, -0.05) is 18.7 Å². The van der Waals surface area contributed by atoms with Crippen molar-refractivity contribution in [2.24, 2.45) is 0 Å². The van der Waals surface area contributed by atoms with Gasteiger partial charge in [0.15, 0.2) is 0 Å². The van der Waals surface area contributed by atoms with Crippen LogP contribution in [-0.2, 0) is 16.6 Å². The molecule has 0 amide bonds. The molecule has 5 nitrogen and oxygen atoms in total. The van der Waals surface area contributed by atoms with Gasteiger partial charge in [0.05, 0.1) is 0 Å². The minimum atomic E-state index is -4.70. The summed E-state index contributed by atoms with van der Waals surface area (Å²) in [5.41, 5.74) is 0.833. The fourth-order valence-electron chi connectivity index (χ4n) is 2.30. The Morgan fingerprint density at radius 3 is 2.17 bits per heavy atom. The Kier molecular flexibility index (Phi) is 5.33. The zero-order valence-corrected chi connectivity index (χ0v) is 13.1. The number of halogens is 3. The Morgan fingerprint density at radius 2 is 1.70 bits per heavy atom. The summed E-state index contributed by atoms with van der Waals surface area (Å²) in [4.78, 5) is 2.04. The highest BCUT2D eigenvalue weighted by Crippen LogP contribution is 2.23. The van der Waals surface area contributed by atoms with Crippen molar-refractivity contribution in [2.75, 3.05) is 26.2 Å². The van der Waals surface area contributed by atoms with Crippen molar-refractivity contribution in [3.63, 3.8) is 0 Å². The first-order valence-electron chi connectivity index (χ1n) is 6.89. The van der Waals surface area contributed by atoms with Gasteiger partial charge in [-0.25, -0.2) is 8.42 Å². The second-order valence-electron chi connectivity index (χ2n) is 5.08. The molecule has 1 aliphatic heterocycles. The molecule has 0 aromatic heterocycles. The van der Waals surface area contributed by atoms with Crippen molar-refractivity contribution < 1.29 is 26.3 Å². The fraction of sp³-hybridized carbons (Fsp3) is 0.429.